The van der Waals surface area contributed by atoms with Crippen LogP contribution in [0.4, 0.5) is 11.4 Å². The van der Waals surface area contributed by atoms with Gasteiger partial charge in [0.2, 0.25) is 0 Å². The quantitative estimate of drug-likeness (QED) is 0.306. The first kappa shape index (κ1) is 25.6. The molecular formula is C42H36N2O. The Balaban J connectivity index is 1.03. The van der Waals surface area contributed by atoms with E-state index >= 15 is 0 Å². The minimum Gasteiger partial charge on any atom is -0.458 e. The molecule has 6 unspecified atom stereocenters. The van der Waals surface area contributed by atoms with Gasteiger partial charge in [-0.3, -0.25) is 0 Å². The Hall–Kier alpha value is -4.76. The van der Waals surface area contributed by atoms with Gasteiger partial charge >= 0.3 is 0 Å². The summed E-state index contributed by atoms with van der Waals surface area (Å²) in [7, 11) is 0. The topological polar surface area (TPSA) is 19.6 Å². The lowest BCUT2D eigenvalue weighted by molar-refractivity contribution is 0.524. The van der Waals surface area contributed by atoms with Gasteiger partial charge in [0.1, 0.15) is 5.76 Å². The molecule has 10 rings (SSSR count). The second-order valence-electron chi connectivity index (χ2n) is 13.4. The van der Waals surface area contributed by atoms with Crippen LogP contribution >= 0.6 is 0 Å². The monoisotopic (exact) mass is 584 g/mol. The molecule has 0 amide bonds. The van der Waals surface area contributed by atoms with Crippen molar-refractivity contribution in [2.24, 2.45) is 17.8 Å². The molecule has 3 heterocycles. The normalized spacial score (nSPS) is 30.3. The molecule has 3 heteroatoms. The summed E-state index contributed by atoms with van der Waals surface area (Å²) in [6, 6.07) is 18.6. The summed E-state index contributed by atoms with van der Waals surface area (Å²) in [4.78, 5) is 5.24. The Morgan fingerprint density at radius 1 is 0.711 bits per heavy atom. The highest BCUT2D eigenvalue weighted by atomic mass is 16.3. The number of benzene rings is 2. The highest BCUT2D eigenvalue weighted by Crippen LogP contribution is 2.50. The molecule has 7 aliphatic rings. The summed E-state index contributed by atoms with van der Waals surface area (Å²) in [6.07, 6.45) is 37.4. The van der Waals surface area contributed by atoms with Crippen molar-refractivity contribution in [1.82, 2.24) is 0 Å². The van der Waals surface area contributed by atoms with Crippen LogP contribution in [-0.2, 0) is 6.42 Å². The summed E-state index contributed by atoms with van der Waals surface area (Å²) >= 11 is 0. The Bertz CT molecular complexity index is 2010. The molecule has 2 aromatic carbocycles. The SMILES string of the molecule is C1=CC2C3=C(CCC(C4=CC5C6C=CC=CC6N(c6cccc7c8c(oc67)CCC=C8)C5C=C4)=C3)N(c3ccccc3)C2C=C1. The Morgan fingerprint density at radius 3 is 2.49 bits per heavy atom. The number of para-hydroxylation sites is 2. The minimum absolute atomic E-state index is 0.286. The first-order valence-electron chi connectivity index (χ1n) is 16.7. The average molecular weight is 585 g/mol. The van der Waals surface area contributed by atoms with Crippen molar-refractivity contribution in [3.63, 3.8) is 0 Å². The Kier molecular flexibility index (Phi) is 5.61. The molecule has 0 saturated carbocycles. The van der Waals surface area contributed by atoms with Crippen LogP contribution in [0.15, 0.2) is 154 Å². The smallest absolute Gasteiger partial charge is 0.158 e. The molecule has 3 nitrogen and oxygen atoms in total. The number of hydrogen-bond acceptors (Lipinski definition) is 3. The molecule has 1 saturated heterocycles. The van der Waals surface area contributed by atoms with Crippen LogP contribution in [0.1, 0.15) is 30.6 Å². The maximum atomic E-state index is 6.63. The zero-order valence-corrected chi connectivity index (χ0v) is 25.3. The number of anilines is 2. The van der Waals surface area contributed by atoms with E-state index in [4.69, 9.17) is 4.42 Å². The molecular weight excluding hydrogens is 548 g/mol. The van der Waals surface area contributed by atoms with E-state index in [2.05, 4.69) is 143 Å². The van der Waals surface area contributed by atoms with Gasteiger partial charge in [-0.15, -0.1) is 0 Å². The van der Waals surface area contributed by atoms with Crippen LogP contribution in [0.3, 0.4) is 0 Å². The minimum atomic E-state index is 0.286. The molecule has 2 aliphatic heterocycles. The van der Waals surface area contributed by atoms with E-state index in [0.717, 1.165) is 37.0 Å². The first-order chi connectivity index (χ1) is 22.3. The van der Waals surface area contributed by atoms with Gasteiger partial charge in [-0.2, -0.15) is 0 Å². The van der Waals surface area contributed by atoms with Crippen LogP contribution in [0.25, 0.3) is 17.0 Å². The molecule has 1 aromatic heterocycles. The van der Waals surface area contributed by atoms with Gasteiger partial charge in [-0.25, -0.2) is 0 Å². The lowest BCUT2D eigenvalue weighted by Crippen LogP contribution is -2.37. The van der Waals surface area contributed by atoms with Gasteiger partial charge in [0.15, 0.2) is 5.58 Å². The molecule has 220 valence electrons. The Labute approximate surface area is 264 Å². The van der Waals surface area contributed by atoms with Crippen molar-refractivity contribution in [2.75, 3.05) is 9.80 Å². The third-order valence-electron chi connectivity index (χ3n) is 11.1. The Morgan fingerprint density at radius 2 is 1.56 bits per heavy atom. The van der Waals surface area contributed by atoms with Gasteiger partial charge in [-0.1, -0.05) is 115 Å². The molecule has 0 bridgehead atoms. The zero-order valence-electron chi connectivity index (χ0n) is 25.3. The van der Waals surface area contributed by atoms with Gasteiger partial charge in [0.05, 0.1) is 23.8 Å². The van der Waals surface area contributed by atoms with Crippen LogP contribution in [-0.4, -0.2) is 18.1 Å². The number of fused-ring (bicyclic) bond motifs is 8. The third kappa shape index (κ3) is 3.76. The van der Waals surface area contributed by atoms with E-state index in [0.29, 0.717) is 29.8 Å². The van der Waals surface area contributed by atoms with Crippen molar-refractivity contribution in [2.45, 2.75) is 43.8 Å². The molecule has 1 fully saturated rings. The third-order valence-corrected chi connectivity index (χ3v) is 11.1. The van der Waals surface area contributed by atoms with Gasteiger partial charge < -0.3 is 14.2 Å². The number of aryl methyl sites for hydroxylation is 1. The number of furan rings is 1. The van der Waals surface area contributed by atoms with Crippen LogP contribution < -0.4 is 9.80 Å². The van der Waals surface area contributed by atoms with E-state index in [-0.39, 0.29) is 6.04 Å². The molecule has 0 N–H and O–H groups in total. The molecule has 5 aliphatic carbocycles. The number of hydrogen-bond donors (Lipinski definition) is 0. The van der Waals surface area contributed by atoms with E-state index < -0.39 is 0 Å². The lowest BCUT2D eigenvalue weighted by Gasteiger charge is -2.32. The average Bonchev–Trinajstić information content (AvgIpc) is 3.76. The summed E-state index contributed by atoms with van der Waals surface area (Å²) in [6.45, 7) is 0. The number of nitrogens with zero attached hydrogens (tertiary/aromatic N) is 2. The lowest BCUT2D eigenvalue weighted by atomic mass is 9.78. The molecule has 45 heavy (non-hydrogen) atoms. The van der Waals surface area contributed by atoms with Crippen LogP contribution in [0.5, 0.6) is 0 Å². The summed E-state index contributed by atoms with van der Waals surface area (Å²) < 4.78 is 6.63. The second kappa shape index (κ2) is 9.87. The van der Waals surface area contributed by atoms with Crippen molar-refractivity contribution in [3.8, 4) is 0 Å². The largest absolute Gasteiger partial charge is 0.458 e. The highest BCUT2D eigenvalue weighted by Gasteiger charge is 2.47. The fraction of sp³-hybridized carbons (Fsp3) is 0.238. The van der Waals surface area contributed by atoms with E-state index in [1.54, 1.807) is 0 Å². The van der Waals surface area contributed by atoms with Gasteiger partial charge in [0, 0.05) is 46.5 Å². The van der Waals surface area contributed by atoms with E-state index in [9.17, 15) is 0 Å². The molecule has 0 radical (unpaired) electrons. The molecule has 3 aromatic rings. The maximum Gasteiger partial charge on any atom is 0.158 e. The summed E-state index contributed by atoms with van der Waals surface area (Å²) in [5.74, 6) is 2.36. The second-order valence-corrected chi connectivity index (χ2v) is 13.4. The summed E-state index contributed by atoms with van der Waals surface area (Å²) in [5.41, 5.74) is 10.7. The van der Waals surface area contributed by atoms with E-state index in [1.807, 2.05) is 0 Å². The number of rotatable bonds is 3. The highest BCUT2D eigenvalue weighted by molar-refractivity contribution is 5.97. The van der Waals surface area contributed by atoms with Crippen molar-refractivity contribution >= 4 is 28.4 Å². The predicted molar refractivity (Wildman–Crippen MR) is 185 cm³/mol. The standard InChI is InChI=1S/C42H36N2O/c1-2-11-29(12-3-1)43-36-17-7-4-13-30(36)34-25-27(21-23-38(34)43)28-22-24-39-35(26-28)31-14-5-8-18-37(31)44(39)40-19-10-16-33-32-15-6-9-20-41(32)45-42(33)40/h1-8,10-19,22,24-26,30-31,35-37,39H,9,20-21,23H2. The van der Waals surface area contributed by atoms with Gasteiger partial charge in [0.25, 0.3) is 0 Å². The van der Waals surface area contributed by atoms with Crippen molar-refractivity contribution < 1.29 is 4.42 Å². The maximum absolute atomic E-state index is 6.63. The predicted octanol–water partition coefficient (Wildman–Crippen LogP) is 9.41. The fourth-order valence-corrected chi connectivity index (χ4v) is 9.19. The van der Waals surface area contributed by atoms with Crippen LogP contribution in [0.2, 0.25) is 0 Å². The van der Waals surface area contributed by atoms with Crippen LogP contribution in [0, 0.1) is 17.8 Å². The zero-order chi connectivity index (χ0) is 29.5. The molecule has 0 spiro atoms. The van der Waals surface area contributed by atoms with Crippen molar-refractivity contribution in [1.29, 1.82) is 0 Å². The fourth-order valence-electron chi connectivity index (χ4n) is 9.19. The van der Waals surface area contributed by atoms with Crippen molar-refractivity contribution in [3.05, 3.63) is 161 Å². The summed E-state index contributed by atoms with van der Waals surface area (Å²) in [5, 5.41) is 1.24. The van der Waals surface area contributed by atoms with Gasteiger partial charge in [-0.05, 0) is 54.2 Å². The number of allylic oxidation sites excluding steroid dienone is 10. The van der Waals surface area contributed by atoms with E-state index in [1.165, 1.54) is 44.7 Å². The molecule has 6 atom stereocenters. The first-order valence-corrected chi connectivity index (χ1v) is 16.7.